The molecule has 1 aromatic rings. The lowest BCUT2D eigenvalue weighted by molar-refractivity contribution is -0.0790. The van der Waals surface area contributed by atoms with Crippen molar-refractivity contribution in [2.75, 3.05) is 7.11 Å². The van der Waals surface area contributed by atoms with Gasteiger partial charge in [0.2, 0.25) is 0 Å². The maximum absolute atomic E-state index is 11.8. The summed E-state index contributed by atoms with van der Waals surface area (Å²) in [7, 11) is 1.50. The first-order valence-corrected chi connectivity index (χ1v) is 3.91. The molecule has 1 rings (SSSR count). The van der Waals surface area contributed by atoms with E-state index in [0.717, 1.165) is 6.08 Å². The summed E-state index contributed by atoms with van der Waals surface area (Å²) in [4.78, 5) is 0. The molecule has 0 radical (unpaired) electrons. The van der Waals surface area contributed by atoms with Gasteiger partial charge in [0.1, 0.15) is 5.75 Å². The van der Waals surface area contributed by atoms with E-state index in [9.17, 15) is 13.2 Å². The summed E-state index contributed by atoms with van der Waals surface area (Å²) >= 11 is 0. The molecule has 4 heteroatoms. The molecule has 0 aliphatic rings. The summed E-state index contributed by atoms with van der Waals surface area (Å²) in [5.41, 5.74) is 0.489. The molecule has 0 spiro atoms. The van der Waals surface area contributed by atoms with Gasteiger partial charge in [0.05, 0.1) is 7.11 Å². The number of hydrogen-bond donors (Lipinski definition) is 0. The average Bonchev–Trinajstić information content (AvgIpc) is 2.14. The van der Waals surface area contributed by atoms with E-state index in [1.807, 2.05) is 0 Å². The lowest BCUT2D eigenvalue weighted by Gasteiger charge is -2.00. The van der Waals surface area contributed by atoms with Crippen molar-refractivity contribution in [2.24, 2.45) is 0 Å². The molecule has 1 nitrogen and oxygen atoms in total. The Morgan fingerprint density at radius 2 is 1.71 bits per heavy atom. The number of halogens is 3. The smallest absolute Gasteiger partial charge is 0.409 e. The van der Waals surface area contributed by atoms with Crippen LogP contribution in [-0.4, -0.2) is 13.3 Å². The third kappa shape index (κ3) is 3.51. The highest BCUT2D eigenvalue weighted by molar-refractivity contribution is 5.51. The van der Waals surface area contributed by atoms with Crippen molar-refractivity contribution in [3.63, 3.8) is 0 Å². The number of rotatable bonds is 2. The number of benzene rings is 1. The highest BCUT2D eigenvalue weighted by Crippen LogP contribution is 2.19. The van der Waals surface area contributed by atoms with Crippen molar-refractivity contribution >= 4 is 6.08 Å². The molecular weight excluding hydrogens is 193 g/mol. The molecule has 0 saturated heterocycles. The lowest BCUT2D eigenvalue weighted by atomic mass is 10.2. The third-order valence-corrected chi connectivity index (χ3v) is 1.58. The first kappa shape index (κ1) is 10.6. The molecule has 0 atom stereocenters. The average molecular weight is 202 g/mol. The lowest BCUT2D eigenvalue weighted by Crippen LogP contribution is -2.00. The van der Waals surface area contributed by atoms with Gasteiger partial charge in [-0.2, -0.15) is 13.2 Å². The van der Waals surface area contributed by atoms with Crippen molar-refractivity contribution in [1.82, 2.24) is 0 Å². The van der Waals surface area contributed by atoms with E-state index in [0.29, 0.717) is 11.3 Å². The topological polar surface area (TPSA) is 9.23 Å². The second-order valence-corrected chi connectivity index (χ2v) is 2.65. The quantitative estimate of drug-likeness (QED) is 0.715. The van der Waals surface area contributed by atoms with Crippen LogP contribution in [0.1, 0.15) is 5.56 Å². The summed E-state index contributed by atoms with van der Waals surface area (Å²) in [6, 6.07) is 6.33. The summed E-state index contributed by atoms with van der Waals surface area (Å²) < 4.78 is 40.2. The van der Waals surface area contributed by atoms with Crippen LogP contribution in [0.15, 0.2) is 30.3 Å². The van der Waals surface area contributed by atoms with Gasteiger partial charge in [0.25, 0.3) is 0 Å². The first-order chi connectivity index (χ1) is 6.51. The van der Waals surface area contributed by atoms with Gasteiger partial charge in [-0.05, 0) is 17.7 Å². The van der Waals surface area contributed by atoms with Crippen LogP contribution in [0.5, 0.6) is 5.75 Å². The van der Waals surface area contributed by atoms with Crippen LogP contribution >= 0.6 is 0 Å². The summed E-state index contributed by atoms with van der Waals surface area (Å²) in [5, 5.41) is 0. The molecule has 76 valence electrons. The van der Waals surface area contributed by atoms with Crippen LogP contribution in [0.4, 0.5) is 13.2 Å². The highest BCUT2D eigenvalue weighted by atomic mass is 19.4. The molecule has 0 saturated carbocycles. The van der Waals surface area contributed by atoms with Crippen molar-refractivity contribution in [3.8, 4) is 5.75 Å². The van der Waals surface area contributed by atoms with Gasteiger partial charge >= 0.3 is 6.18 Å². The number of methoxy groups -OCH3 is 1. The van der Waals surface area contributed by atoms with E-state index in [2.05, 4.69) is 0 Å². The van der Waals surface area contributed by atoms with Crippen molar-refractivity contribution < 1.29 is 17.9 Å². The Morgan fingerprint density at radius 3 is 2.14 bits per heavy atom. The van der Waals surface area contributed by atoms with Gasteiger partial charge in [-0.1, -0.05) is 18.2 Å². The molecule has 0 aromatic heterocycles. The van der Waals surface area contributed by atoms with Crippen LogP contribution in [0, 0.1) is 0 Å². The largest absolute Gasteiger partial charge is 0.497 e. The fourth-order valence-electron chi connectivity index (χ4n) is 0.906. The Balaban J connectivity index is 2.74. The van der Waals surface area contributed by atoms with Crippen LogP contribution in [-0.2, 0) is 0 Å². The summed E-state index contributed by atoms with van der Waals surface area (Å²) in [5.74, 6) is 0.620. The Morgan fingerprint density at radius 1 is 1.14 bits per heavy atom. The predicted molar refractivity (Wildman–Crippen MR) is 48.1 cm³/mol. The second kappa shape index (κ2) is 4.17. The molecule has 0 aliphatic heterocycles. The minimum Gasteiger partial charge on any atom is -0.497 e. The number of ether oxygens (including phenoxy) is 1. The Bertz CT molecular complexity index is 311. The van der Waals surface area contributed by atoms with Gasteiger partial charge < -0.3 is 4.74 Å². The van der Waals surface area contributed by atoms with Crippen LogP contribution < -0.4 is 4.74 Å². The molecular formula is C10H9F3O. The number of hydrogen-bond acceptors (Lipinski definition) is 1. The monoisotopic (exact) mass is 202 g/mol. The van der Waals surface area contributed by atoms with E-state index >= 15 is 0 Å². The maximum Gasteiger partial charge on any atom is 0.409 e. The van der Waals surface area contributed by atoms with Crippen molar-refractivity contribution in [3.05, 3.63) is 35.9 Å². The molecule has 0 fully saturated rings. The molecule has 0 amide bonds. The number of alkyl halides is 3. The molecule has 1 aromatic carbocycles. The van der Waals surface area contributed by atoms with Crippen LogP contribution in [0.2, 0.25) is 0 Å². The maximum atomic E-state index is 11.8. The Kier molecular flexibility index (Phi) is 3.17. The highest BCUT2D eigenvalue weighted by Gasteiger charge is 2.21. The third-order valence-electron chi connectivity index (χ3n) is 1.58. The van der Waals surface area contributed by atoms with E-state index in [1.165, 1.54) is 7.11 Å². The van der Waals surface area contributed by atoms with Gasteiger partial charge in [0.15, 0.2) is 0 Å². The van der Waals surface area contributed by atoms with Gasteiger partial charge in [-0.25, -0.2) is 0 Å². The van der Waals surface area contributed by atoms with Crippen LogP contribution in [0.3, 0.4) is 0 Å². The summed E-state index contributed by atoms with van der Waals surface area (Å²) in [6.07, 6.45) is -3.05. The van der Waals surface area contributed by atoms with E-state index in [1.54, 1.807) is 24.3 Å². The van der Waals surface area contributed by atoms with E-state index < -0.39 is 6.18 Å². The normalized spacial score (nSPS) is 12.0. The fourth-order valence-corrected chi connectivity index (χ4v) is 0.906. The standard InChI is InChI=1S/C10H9F3O/c1-14-9-4-2-8(3-5-9)6-7-10(11,12)13/h2-7H,1H3. The van der Waals surface area contributed by atoms with Gasteiger partial charge in [-0.3, -0.25) is 0 Å². The minimum absolute atomic E-state index is 0.203. The predicted octanol–water partition coefficient (Wildman–Crippen LogP) is 3.27. The van der Waals surface area contributed by atoms with Crippen molar-refractivity contribution in [1.29, 1.82) is 0 Å². The summed E-state index contributed by atoms with van der Waals surface area (Å²) in [6.45, 7) is 0. The van der Waals surface area contributed by atoms with Gasteiger partial charge in [-0.15, -0.1) is 0 Å². The van der Waals surface area contributed by atoms with E-state index in [-0.39, 0.29) is 6.08 Å². The zero-order valence-corrected chi connectivity index (χ0v) is 7.51. The first-order valence-electron chi connectivity index (χ1n) is 3.91. The molecule has 0 heterocycles. The Labute approximate surface area is 79.8 Å². The molecule has 0 bridgehead atoms. The molecule has 0 unspecified atom stereocenters. The molecule has 14 heavy (non-hydrogen) atoms. The molecule has 0 N–H and O–H groups in total. The van der Waals surface area contributed by atoms with Crippen molar-refractivity contribution in [2.45, 2.75) is 6.18 Å². The SMILES string of the molecule is COc1ccc(C=CC(F)(F)F)cc1. The minimum atomic E-state index is -4.26. The zero-order valence-electron chi connectivity index (χ0n) is 7.51. The molecule has 0 aliphatic carbocycles. The van der Waals surface area contributed by atoms with E-state index in [4.69, 9.17) is 4.74 Å². The fraction of sp³-hybridized carbons (Fsp3) is 0.200. The zero-order chi connectivity index (χ0) is 10.6. The number of allylic oxidation sites excluding steroid dienone is 1. The second-order valence-electron chi connectivity index (χ2n) is 2.65. The van der Waals surface area contributed by atoms with Crippen LogP contribution in [0.25, 0.3) is 6.08 Å². The van der Waals surface area contributed by atoms with Gasteiger partial charge in [0, 0.05) is 6.08 Å². The Hall–Kier alpha value is -1.45.